The average molecular weight is 288 g/mol. The average Bonchev–Trinajstić information content (AvgIpc) is 2.52. The summed E-state index contributed by atoms with van der Waals surface area (Å²) in [4.78, 5) is 4.15. The lowest BCUT2D eigenvalue weighted by atomic mass is 10.2. The molecule has 0 radical (unpaired) electrons. The minimum atomic E-state index is 0.194. The highest BCUT2D eigenvalue weighted by Gasteiger charge is 2.07. The fraction of sp³-hybridized carbons (Fsp3) is 0.312. The van der Waals surface area contributed by atoms with Gasteiger partial charge in [0.25, 0.3) is 0 Å². The zero-order valence-corrected chi connectivity index (χ0v) is 12.3. The van der Waals surface area contributed by atoms with Crippen LogP contribution in [0.5, 0.6) is 17.4 Å². The van der Waals surface area contributed by atoms with E-state index in [4.69, 9.17) is 9.47 Å². The van der Waals surface area contributed by atoms with Crippen LogP contribution in [0.15, 0.2) is 36.5 Å². The number of pyridine rings is 1. The Kier molecular flexibility index (Phi) is 5.40. The van der Waals surface area contributed by atoms with Crippen LogP contribution in [0, 0.1) is 0 Å². The molecule has 0 atom stereocenters. The Labute approximate surface area is 124 Å². The molecule has 0 aliphatic rings. The van der Waals surface area contributed by atoms with Gasteiger partial charge in [0, 0.05) is 30.9 Å². The molecule has 21 heavy (non-hydrogen) atoms. The molecular weight excluding hydrogens is 268 g/mol. The number of ether oxygens (including phenoxy) is 2. The third-order valence-corrected chi connectivity index (χ3v) is 3.03. The number of phenols is 1. The zero-order valence-electron chi connectivity index (χ0n) is 12.3. The minimum absolute atomic E-state index is 0.194. The van der Waals surface area contributed by atoms with Gasteiger partial charge in [-0.05, 0) is 18.6 Å². The molecule has 0 fully saturated rings. The number of hydrogen-bond donors (Lipinski definition) is 2. The van der Waals surface area contributed by atoms with E-state index in [1.807, 2.05) is 31.2 Å². The maximum Gasteiger partial charge on any atom is 0.212 e. The maximum absolute atomic E-state index is 10.1. The standard InChI is InChI=1S/C16H20N2O3/c1-3-21-14-6-4-5-13(16(14)19)11-17-9-12-7-8-15(20-2)18-10-12/h4-8,10,17,19H,3,9,11H2,1-2H3. The van der Waals surface area contributed by atoms with Gasteiger partial charge < -0.3 is 19.9 Å². The second-order valence-electron chi connectivity index (χ2n) is 4.51. The van der Waals surface area contributed by atoms with Crippen LogP contribution in [-0.4, -0.2) is 23.8 Å². The predicted octanol–water partition coefficient (Wildman–Crippen LogP) is 2.48. The quantitative estimate of drug-likeness (QED) is 0.819. The van der Waals surface area contributed by atoms with Crippen LogP contribution in [0.3, 0.4) is 0 Å². The first kappa shape index (κ1) is 15.1. The summed E-state index contributed by atoms with van der Waals surface area (Å²) < 4.78 is 10.4. The van der Waals surface area contributed by atoms with Gasteiger partial charge in [-0.3, -0.25) is 0 Å². The summed E-state index contributed by atoms with van der Waals surface area (Å²) in [6.45, 7) is 3.64. The smallest absolute Gasteiger partial charge is 0.212 e. The normalized spacial score (nSPS) is 10.4. The lowest BCUT2D eigenvalue weighted by molar-refractivity contribution is 0.316. The Balaban J connectivity index is 1.92. The summed E-state index contributed by atoms with van der Waals surface area (Å²) in [5.74, 6) is 1.31. The van der Waals surface area contributed by atoms with Crippen molar-refractivity contribution >= 4 is 0 Å². The van der Waals surface area contributed by atoms with E-state index in [2.05, 4.69) is 10.3 Å². The lowest BCUT2D eigenvalue weighted by Crippen LogP contribution is -2.13. The Morgan fingerprint density at radius 3 is 2.71 bits per heavy atom. The van der Waals surface area contributed by atoms with E-state index in [0.29, 0.717) is 31.3 Å². The van der Waals surface area contributed by atoms with Crippen LogP contribution in [0.2, 0.25) is 0 Å². The molecule has 2 rings (SSSR count). The molecule has 0 unspecified atom stereocenters. The largest absolute Gasteiger partial charge is 0.504 e. The van der Waals surface area contributed by atoms with Gasteiger partial charge in [0.15, 0.2) is 11.5 Å². The molecule has 0 amide bonds. The first-order valence-corrected chi connectivity index (χ1v) is 6.88. The maximum atomic E-state index is 10.1. The van der Waals surface area contributed by atoms with Crippen LogP contribution in [-0.2, 0) is 13.1 Å². The van der Waals surface area contributed by atoms with Gasteiger partial charge in [0.2, 0.25) is 5.88 Å². The van der Waals surface area contributed by atoms with Crippen LogP contribution in [0.4, 0.5) is 0 Å². The Bertz CT molecular complexity index is 570. The van der Waals surface area contributed by atoms with Gasteiger partial charge in [-0.2, -0.15) is 0 Å². The number of aromatic nitrogens is 1. The lowest BCUT2D eigenvalue weighted by Gasteiger charge is -2.11. The van der Waals surface area contributed by atoms with Crippen LogP contribution >= 0.6 is 0 Å². The summed E-state index contributed by atoms with van der Waals surface area (Å²) in [7, 11) is 1.59. The number of hydrogen-bond acceptors (Lipinski definition) is 5. The van der Waals surface area contributed by atoms with Crippen LogP contribution in [0.1, 0.15) is 18.1 Å². The zero-order chi connectivity index (χ0) is 15.1. The van der Waals surface area contributed by atoms with Crippen molar-refractivity contribution in [2.75, 3.05) is 13.7 Å². The van der Waals surface area contributed by atoms with E-state index in [1.165, 1.54) is 0 Å². The number of rotatable bonds is 7. The van der Waals surface area contributed by atoms with Crippen molar-refractivity contribution in [3.8, 4) is 17.4 Å². The van der Waals surface area contributed by atoms with E-state index in [-0.39, 0.29) is 5.75 Å². The van der Waals surface area contributed by atoms with E-state index < -0.39 is 0 Å². The van der Waals surface area contributed by atoms with Gasteiger partial charge in [-0.1, -0.05) is 18.2 Å². The molecule has 0 saturated heterocycles. The van der Waals surface area contributed by atoms with Crippen molar-refractivity contribution in [2.24, 2.45) is 0 Å². The molecule has 2 aromatic rings. The number of nitrogens with one attached hydrogen (secondary N) is 1. The van der Waals surface area contributed by atoms with E-state index in [9.17, 15) is 5.11 Å². The molecule has 0 saturated carbocycles. The Morgan fingerprint density at radius 1 is 1.19 bits per heavy atom. The fourth-order valence-corrected chi connectivity index (χ4v) is 1.96. The third-order valence-electron chi connectivity index (χ3n) is 3.03. The molecule has 1 heterocycles. The van der Waals surface area contributed by atoms with E-state index >= 15 is 0 Å². The molecule has 0 aliphatic carbocycles. The van der Waals surface area contributed by atoms with Crippen molar-refractivity contribution in [1.82, 2.24) is 10.3 Å². The number of phenolic OH excluding ortho intramolecular Hbond substituents is 1. The predicted molar refractivity (Wildman–Crippen MR) is 80.6 cm³/mol. The molecule has 0 aliphatic heterocycles. The summed E-state index contributed by atoms with van der Waals surface area (Å²) in [5, 5.41) is 13.4. The molecule has 1 aromatic carbocycles. The summed E-state index contributed by atoms with van der Waals surface area (Å²) in [6, 6.07) is 9.28. The summed E-state index contributed by atoms with van der Waals surface area (Å²) in [5.41, 5.74) is 1.86. The second-order valence-corrected chi connectivity index (χ2v) is 4.51. The minimum Gasteiger partial charge on any atom is -0.504 e. The second kappa shape index (κ2) is 7.50. The monoisotopic (exact) mass is 288 g/mol. The van der Waals surface area contributed by atoms with Crippen molar-refractivity contribution < 1.29 is 14.6 Å². The third kappa shape index (κ3) is 4.10. The van der Waals surface area contributed by atoms with E-state index in [1.54, 1.807) is 19.4 Å². The first-order chi connectivity index (χ1) is 10.2. The summed E-state index contributed by atoms with van der Waals surface area (Å²) >= 11 is 0. The van der Waals surface area contributed by atoms with Gasteiger partial charge in [-0.25, -0.2) is 4.98 Å². The highest BCUT2D eigenvalue weighted by molar-refractivity contribution is 5.45. The molecule has 5 nitrogen and oxygen atoms in total. The molecule has 1 aromatic heterocycles. The van der Waals surface area contributed by atoms with Crippen molar-refractivity contribution in [1.29, 1.82) is 0 Å². The Hall–Kier alpha value is -2.27. The molecule has 112 valence electrons. The van der Waals surface area contributed by atoms with Crippen LogP contribution in [0.25, 0.3) is 0 Å². The highest BCUT2D eigenvalue weighted by atomic mass is 16.5. The van der Waals surface area contributed by atoms with Crippen molar-refractivity contribution in [3.63, 3.8) is 0 Å². The molecular formula is C16H20N2O3. The first-order valence-electron chi connectivity index (χ1n) is 6.88. The topological polar surface area (TPSA) is 63.6 Å². The molecule has 5 heteroatoms. The molecule has 2 N–H and O–H groups in total. The van der Waals surface area contributed by atoms with Gasteiger partial charge in [-0.15, -0.1) is 0 Å². The Morgan fingerprint density at radius 2 is 2.05 bits per heavy atom. The van der Waals surface area contributed by atoms with Crippen molar-refractivity contribution in [3.05, 3.63) is 47.7 Å². The van der Waals surface area contributed by atoms with Crippen LogP contribution < -0.4 is 14.8 Å². The van der Waals surface area contributed by atoms with Gasteiger partial charge in [0.1, 0.15) is 0 Å². The van der Waals surface area contributed by atoms with E-state index in [0.717, 1.165) is 11.1 Å². The molecule has 0 spiro atoms. The molecule has 0 bridgehead atoms. The van der Waals surface area contributed by atoms with Gasteiger partial charge in [0.05, 0.1) is 13.7 Å². The fourth-order valence-electron chi connectivity index (χ4n) is 1.96. The number of aromatic hydroxyl groups is 1. The summed E-state index contributed by atoms with van der Waals surface area (Å²) in [6.07, 6.45) is 1.77. The van der Waals surface area contributed by atoms with Crippen molar-refractivity contribution in [2.45, 2.75) is 20.0 Å². The highest BCUT2D eigenvalue weighted by Crippen LogP contribution is 2.29. The number of methoxy groups -OCH3 is 1. The SMILES string of the molecule is CCOc1cccc(CNCc2ccc(OC)nc2)c1O. The number of para-hydroxylation sites is 1. The van der Waals surface area contributed by atoms with Gasteiger partial charge >= 0.3 is 0 Å². The number of benzene rings is 1. The number of nitrogens with zero attached hydrogens (tertiary/aromatic N) is 1.